The van der Waals surface area contributed by atoms with Crippen LogP contribution in [0.25, 0.3) is 0 Å². The van der Waals surface area contributed by atoms with E-state index in [0.717, 1.165) is 11.1 Å². The van der Waals surface area contributed by atoms with Crippen LogP contribution in [-0.2, 0) is 6.54 Å². The molecule has 0 bridgehead atoms. The van der Waals surface area contributed by atoms with Gasteiger partial charge in [0, 0.05) is 37.1 Å². The Morgan fingerprint density at radius 3 is 2.65 bits per heavy atom. The Balaban J connectivity index is 2.02. The van der Waals surface area contributed by atoms with Crippen LogP contribution in [0.4, 0.5) is 5.69 Å². The monoisotopic (exact) mass is 291 g/mol. The maximum Gasteiger partial charge on any atom is 0.270 e. The summed E-state index contributed by atoms with van der Waals surface area (Å²) in [5.41, 5.74) is 1.96. The zero-order chi connectivity index (χ0) is 14.5. The number of aromatic nitrogens is 1. The Morgan fingerprint density at radius 1 is 1.35 bits per heavy atom. The molecule has 0 aliphatic heterocycles. The molecular weight excluding hydrogens is 278 g/mol. The summed E-state index contributed by atoms with van der Waals surface area (Å²) in [6.07, 6.45) is 3.48. The van der Waals surface area contributed by atoms with Gasteiger partial charge in [0.05, 0.1) is 9.95 Å². The lowest BCUT2D eigenvalue weighted by Gasteiger charge is -2.14. The number of benzene rings is 1. The molecule has 1 aromatic carbocycles. The van der Waals surface area contributed by atoms with Gasteiger partial charge in [0.1, 0.15) is 0 Å². The highest BCUT2D eigenvalue weighted by Crippen LogP contribution is 2.23. The van der Waals surface area contributed by atoms with E-state index in [1.54, 1.807) is 18.5 Å². The molecule has 2 aromatic rings. The number of nitro groups is 1. The van der Waals surface area contributed by atoms with Crippen LogP contribution < -0.4 is 5.32 Å². The van der Waals surface area contributed by atoms with Crippen molar-refractivity contribution in [3.05, 3.63) is 69.0 Å². The fraction of sp³-hybridized carbons (Fsp3) is 0.214. The molecule has 0 fully saturated rings. The summed E-state index contributed by atoms with van der Waals surface area (Å²) < 4.78 is 0. The second-order valence-electron chi connectivity index (χ2n) is 4.42. The summed E-state index contributed by atoms with van der Waals surface area (Å²) >= 11 is 6.05. The largest absolute Gasteiger partial charge is 0.306 e. The van der Waals surface area contributed by atoms with Crippen molar-refractivity contribution in [1.29, 1.82) is 0 Å². The molecule has 20 heavy (non-hydrogen) atoms. The molecule has 2 rings (SSSR count). The van der Waals surface area contributed by atoms with Crippen LogP contribution >= 0.6 is 11.6 Å². The second kappa shape index (κ2) is 6.45. The van der Waals surface area contributed by atoms with Crippen molar-refractivity contribution in [3.8, 4) is 0 Å². The van der Waals surface area contributed by atoms with Crippen LogP contribution in [0.5, 0.6) is 0 Å². The SMILES string of the molecule is C[C@@H](NCc1ccc([N+](=O)[O-])cc1Cl)c1ccncc1. The molecule has 0 amide bonds. The van der Waals surface area contributed by atoms with Crippen molar-refractivity contribution >= 4 is 17.3 Å². The van der Waals surface area contributed by atoms with Crippen molar-refractivity contribution < 1.29 is 4.92 Å². The van der Waals surface area contributed by atoms with Crippen LogP contribution in [0.2, 0.25) is 5.02 Å². The zero-order valence-electron chi connectivity index (χ0n) is 10.9. The molecule has 0 unspecified atom stereocenters. The molecule has 1 heterocycles. The maximum absolute atomic E-state index is 10.6. The quantitative estimate of drug-likeness (QED) is 0.676. The van der Waals surface area contributed by atoms with Crippen LogP contribution in [0.15, 0.2) is 42.7 Å². The lowest BCUT2D eigenvalue weighted by atomic mass is 10.1. The van der Waals surface area contributed by atoms with Crippen molar-refractivity contribution in [2.24, 2.45) is 0 Å². The number of nitrogens with zero attached hydrogens (tertiary/aromatic N) is 2. The summed E-state index contributed by atoms with van der Waals surface area (Å²) in [5, 5.41) is 14.4. The van der Waals surface area contributed by atoms with Crippen molar-refractivity contribution in [2.75, 3.05) is 0 Å². The minimum Gasteiger partial charge on any atom is -0.306 e. The Bertz CT molecular complexity index is 605. The van der Waals surface area contributed by atoms with Gasteiger partial charge in [-0.3, -0.25) is 15.1 Å². The first-order valence-electron chi connectivity index (χ1n) is 6.14. The number of hydrogen-bond donors (Lipinski definition) is 1. The standard InChI is InChI=1S/C14H14ClN3O2/c1-10(11-4-6-16-7-5-11)17-9-12-2-3-13(18(19)20)8-14(12)15/h2-8,10,17H,9H2,1H3/t10-/m1/s1. The number of hydrogen-bond acceptors (Lipinski definition) is 4. The number of non-ortho nitro benzene ring substituents is 1. The number of nitrogens with one attached hydrogen (secondary N) is 1. The first kappa shape index (κ1) is 14.4. The average molecular weight is 292 g/mol. The molecule has 0 saturated carbocycles. The highest BCUT2D eigenvalue weighted by Gasteiger charge is 2.10. The number of rotatable bonds is 5. The lowest BCUT2D eigenvalue weighted by Crippen LogP contribution is -2.18. The first-order valence-corrected chi connectivity index (χ1v) is 6.52. The van der Waals surface area contributed by atoms with Crippen LogP contribution in [-0.4, -0.2) is 9.91 Å². The summed E-state index contributed by atoms with van der Waals surface area (Å²) in [7, 11) is 0. The summed E-state index contributed by atoms with van der Waals surface area (Å²) in [4.78, 5) is 14.2. The third-order valence-corrected chi connectivity index (χ3v) is 3.40. The molecule has 1 aromatic heterocycles. The normalized spacial score (nSPS) is 12.1. The number of halogens is 1. The zero-order valence-corrected chi connectivity index (χ0v) is 11.7. The molecule has 1 N–H and O–H groups in total. The van der Waals surface area contributed by atoms with E-state index in [0.29, 0.717) is 11.6 Å². The van der Waals surface area contributed by atoms with Gasteiger partial charge in [-0.05, 0) is 36.2 Å². The second-order valence-corrected chi connectivity index (χ2v) is 4.82. The number of nitro benzene ring substituents is 1. The average Bonchev–Trinajstić information content (AvgIpc) is 2.46. The molecule has 0 spiro atoms. The predicted molar refractivity (Wildman–Crippen MR) is 77.6 cm³/mol. The van der Waals surface area contributed by atoms with Gasteiger partial charge < -0.3 is 5.32 Å². The highest BCUT2D eigenvalue weighted by molar-refractivity contribution is 6.31. The minimum atomic E-state index is -0.456. The minimum absolute atomic E-state index is 0.000863. The Labute approximate surface area is 121 Å². The van der Waals surface area contributed by atoms with Gasteiger partial charge in [-0.15, -0.1) is 0 Å². The molecule has 0 radical (unpaired) electrons. The van der Waals surface area contributed by atoms with Crippen molar-refractivity contribution in [1.82, 2.24) is 10.3 Å². The Kier molecular flexibility index (Phi) is 4.65. The summed E-state index contributed by atoms with van der Waals surface area (Å²) in [6, 6.07) is 8.52. The molecule has 0 saturated heterocycles. The lowest BCUT2D eigenvalue weighted by molar-refractivity contribution is -0.384. The Hall–Kier alpha value is -1.98. The fourth-order valence-electron chi connectivity index (χ4n) is 1.83. The number of pyridine rings is 1. The van der Waals surface area contributed by atoms with E-state index in [2.05, 4.69) is 10.3 Å². The molecule has 6 heteroatoms. The van der Waals surface area contributed by atoms with Crippen LogP contribution in [0.3, 0.4) is 0 Å². The molecule has 0 aliphatic rings. The topological polar surface area (TPSA) is 68.1 Å². The molecular formula is C14H14ClN3O2. The van der Waals surface area contributed by atoms with Gasteiger partial charge >= 0.3 is 0 Å². The van der Waals surface area contributed by atoms with E-state index in [-0.39, 0.29) is 11.7 Å². The summed E-state index contributed by atoms with van der Waals surface area (Å²) in [6.45, 7) is 2.58. The molecule has 104 valence electrons. The Morgan fingerprint density at radius 2 is 2.05 bits per heavy atom. The van der Waals surface area contributed by atoms with E-state index in [9.17, 15) is 10.1 Å². The van der Waals surface area contributed by atoms with E-state index in [4.69, 9.17) is 11.6 Å². The van der Waals surface area contributed by atoms with Crippen LogP contribution in [0.1, 0.15) is 24.1 Å². The smallest absolute Gasteiger partial charge is 0.270 e. The van der Waals surface area contributed by atoms with Gasteiger partial charge in [0.25, 0.3) is 5.69 Å². The van der Waals surface area contributed by atoms with Gasteiger partial charge in [0.15, 0.2) is 0 Å². The van der Waals surface area contributed by atoms with Gasteiger partial charge in [0.2, 0.25) is 0 Å². The van der Waals surface area contributed by atoms with Gasteiger partial charge in [-0.2, -0.15) is 0 Å². The van der Waals surface area contributed by atoms with Gasteiger partial charge in [-0.25, -0.2) is 0 Å². The third-order valence-electron chi connectivity index (χ3n) is 3.05. The van der Waals surface area contributed by atoms with E-state index >= 15 is 0 Å². The van der Waals surface area contributed by atoms with E-state index < -0.39 is 4.92 Å². The van der Waals surface area contributed by atoms with E-state index in [1.165, 1.54) is 12.1 Å². The van der Waals surface area contributed by atoms with Crippen LogP contribution in [0, 0.1) is 10.1 Å². The maximum atomic E-state index is 10.6. The molecule has 5 nitrogen and oxygen atoms in total. The molecule has 0 aliphatic carbocycles. The summed E-state index contributed by atoms with van der Waals surface area (Å²) in [5.74, 6) is 0. The third kappa shape index (κ3) is 3.53. The van der Waals surface area contributed by atoms with Crippen molar-refractivity contribution in [2.45, 2.75) is 19.5 Å². The van der Waals surface area contributed by atoms with Gasteiger partial charge in [-0.1, -0.05) is 11.6 Å². The predicted octanol–water partition coefficient (Wildman–Crippen LogP) is 3.49. The molecule has 1 atom stereocenters. The fourth-order valence-corrected chi connectivity index (χ4v) is 2.07. The van der Waals surface area contributed by atoms with E-state index in [1.807, 2.05) is 19.1 Å². The first-order chi connectivity index (χ1) is 9.58. The highest BCUT2D eigenvalue weighted by atomic mass is 35.5. The van der Waals surface area contributed by atoms with Crippen molar-refractivity contribution in [3.63, 3.8) is 0 Å².